The summed E-state index contributed by atoms with van der Waals surface area (Å²) in [5.41, 5.74) is 2.65. The molecule has 0 amide bonds. The largest absolute Gasteiger partial charge is 0.369 e. The fourth-order valence-electron chi connectivity index (χ4n) is 1.79. The first-order valence-corrected chi connectivity index (χ1v) is 8.60. The lowest BCUT2D eigenvalue weighted by molar-refractivity contribution is 0.602. The van der Waals surface area contributed by atoms with Gasteiger partial charge in [-0.15, -0.1) is 0 Å². The van der Waals surface area contributed by atoms with E-state index >= 15 is 0 Å². The predicted molar refractivity (Wildman–Crippen MR) is 82.9 cm³/mol. The van der Waals surface area contributed by atoms with Crippen LogP contribution in [-0.2, 0) is 9.84 Å². The highest BCUT2D eigenvalue weighted by atomic mass is 32.2. The lowest BCUT2D eigenvalue weighted by Gasteiger charge is -2.12. The van der Waals surface area contributed by atoms with Crippen molar-refractivity contribution < 1.29 is 8.42 Å². The summed E-state index contributed by atoms with van der Waals surface area (Å²) >= 11 is 0. The fourth-order valence-corrected chi connectivity index (χ4v) is 2.26. The van der Waals surface area contributed by atoms with Crippen LogP contribution in [0, 0.1) is 13.8 Å². The minimum Gasteiger partial charge on any atom is -0.369 e. The van der Waals surface area contributed by atoms with E-state index < -0.39 is 9.84 Å². The molecule has 0 aliphatic rings. The molecule has 0 saturated heterocycles. The van der Waals surface area contributed by atoms with Gasteiger partial charge in [0.1, 0.15) is 15.7 Å². The van der Waals surface area contributed by atoms with Crippen LogP contribution in [0.2, 0.25) is 0 Å². The maximum Gasteiger partial charge on any atom is 0.161 e. The van der Waals surface area contributed by atoms with Gasteiger partial charge in [0.05, 0.1) is 5.75 Å². The van der Waals surface area contributed by atoms with Gasteiger partial charge in [0.25, 0.3) is 0 Å². The van der Waals surface area contributed by atoms with Gasteiger partial charge in [0, 0.05) is 42.0 Å². The van der Waals surface area contributed by atoms with Crippen molar-refractivity contribution in [3.05, 3.63) is 35.8 Å². The number of pyridine rings is 1. The maximum absolute atomic E-state index is 11.2. The Kier molecular flexibility index (Phi) is 4.52. The summed E-state index contributed by atoms with van der Waals surface area (Å²) in [6.07, 6.45) is 4.59. The molecule has 112 valence electrons. The number of nitrogens with one attached hydrogen (secondary N) is 1. The van der Waals surface area contributed by atoms with E-state index in [0.717, 1.165) is 16.8 Å². The van der Waals surface area contributed by atoms with E-state index in [9.17, 15) is 8.42 Å². The van der Waals surface area contributed by atoms with Crippen LogP contribution < -0.4 is 5.32 Å². The fraction of sp³-hybridized carbons (Fsp3) is 0.357. The zero-order chi connectivity index (χ0) is 15.5. The van der Waals surface area contributed by atoms with Crippen LogP contribution in [0.15, 0.2) is 24.5 Å². The normalized spacial score (nSPS) is 11.4. The molecule has 6 nitrogen and oxygen atoms in total. The Bertz CT molecular complexity index is 730. The summed E-state index contributed by atoms with van der Waals surface area (Å²) in [7, 11) is -2.99. The summed E-state index contributed by atoms with van der Waals surface area (Å²) in [4.78, 5) is 12.9. The highest BCUT2D eigenvalue weighted by Gasteiger charge is 2.10. The van der Waals surface area contributed by atoms with Crippen LogP contribution in [0.5, 0.6) is 0 Å². The summed E-state index contributed by atoms with van der Waals surface area (Å²) in [6, 6.07) is 3.68. The Hall–Kier alpha value is -2.02. The van der Waals surface area contributed by atoms with Gasteiger partial charge in [-0.3, -0.25) is 4.98 Å². The van der Waals surface area contributed by atoms with Gasteiger partial charge < -0.3 is 5.32 Å². The standard InChI is InChI=1S/C14H18N4O2S/c1-10-11(2)17-14(12-4-6-15-7-5-12)18-13(10)16-8-9-21(3,19)20/h4-7H,8-9H2,1-3H3,(H,16,17,18). The van der Waals surface area contributed by atoms with Crippen molar-refractivity contribution in [1.29, 1.82) is 0 Å². The molecule has 1 N–H and O–H groups in total. The molecule has 0 aliphatic carbocycles. The van der Waals surface area contributed by atoms with E-state index in [0.29, 0.717) is 18.2 Å². The first-order chi connectivity index (χ1) is 9.87. The molecule has 0 aromatic carbocycles. The smallest absolute Gasteiger partial charge is 0.161 e. The maximum atomic E-state index is 11.2. The summed E-state index contributed by atoms with van der Waals surface area (Å²) in [5, 5.41) is 3.07. The van der Waals surface area contributed by atoms with Crippen molar-refractivity contribution in [2.45, 2.75) is 13.8 Å². The molecule has 7 heteroatoms. The Balaban J connectivity index is 2.27. The SMILES string of the molecule is Cc1nc(-c2ccncc2)nc(NCCS(C)(=O)=O)c1C. The van der Waals surface area contributed by atoms with Crippen LogP contribution in [0.25, 0.3) is 11.4 Å². The third-order valence-corrected chi connectivity index (χ3v) is 4.04. The molecular formula is C14H18N4O2S. The number of anilines is 1. The molecule has 0 atom stereocenters. The van der Waals surface area contributed by atoms with Gasteiger partial charge in [-0.1, -0.05) is 0 Å². The van der Waals surface area contributed by atoms with Crippen molar-refractivity contribution in [2.24, 2.45) is 0 Å². The average Bonchev–Trinajstić information content (AvgIpc) is 2.43. The number of hydrogen-bond donors (Lipinski definition) is 1. The van der Waals surface area contributed by atoms with Gasteiger partial charge in [-0.05, 0) is 26.0 Å². The Morgan fingerprint density at radius 2 is 1.81 bits per heavy atom. The van der Waals surface area contributed by atoms with Gasteiger partial charge >= 0.3 is 0 Å². The third-order valence-electron chi connectivity index (χ3n) is 3.09. The first-order valence-electron chi connectivity index (χ1n) is 6.54. The molecule has 0 fully saturated rings. The molecule has 0 unspecified atom stereocenters. The molecule has 0 aliphatic heterocycles. The second-order valence-electron chi connectivity index (χ2n) is 4.90. The second kappa shape index (κ2) is 6.17. The van der Waals surface area contributed by atoms with Crippen molar-refractivity contribution in [2.75, 3.05) is 23.9 Å². The summed E-state index contributed by atoms with van der Waals surface area (Å²) < 4.78 is 22.4. The van der Waals surface area contributed by atoms with Crippen LogP contribution in [-0.4, -0.2) is 41.9 Å². The van der Waals surface area contributed by atoms with E-state index in [1.165, 1.54) is 6.26 Å². The molecular weight excluding hydrogens is 288 g/mol. The predicted octanol–water partition coefficient (Wildman–Crippen LogP) is 1.61. The van der Waals surface area contributed by atoms with Crippen molar-refractivity contribution in [3.63, 3.8) is 0 Å². The van der Waals surface area contributed by atoms with Crippen LogP contribution in [0.1, 0.15) is 11.3 Å². The van der Waals surface area contributed by atoms with E-state index in [-0.39, 0.29) is 5.75 Å². The number of rotatable bonds is 5. The number of sulfone groups is 1. The van der Waals surface area contributed by atoms with Crippen LogP contribution >= 0.6 is 0 Å². The Morgan fingerprint density at radius 3 is 2.43 bits per heavy atom. The number of nitrogens with zero attached hydrogens (tertiary/aromatic N) is 3. The topological polar surface area (TPSA) is 84.8 Å². The highest BCUT2D eigenvalue weighted by molar-refractivity contribution is 7.90. The van der Waals surface area contributed by atoms with Gasteiger partial charge in [-0.2, -0.15) is 0 Å². The molecule has 0 radical (unpaired) electrons. The van der Waals surface area contributed by atoms with Gasteiger partial charge in [-0.25, -0.2) is 18.4 Å². The van der Waals surface area contributed by atoms with E-state index in [2.05, 4.69) is 20.3 Å². The third kappa shape index (κ3) is 4.22. The van der Waals surface area contributed by atoms with Crippen molar-refractivity contribution >= 4 is 15.7 Å². The molecule has 0 spiro atoms. The monoisotopic (exact) mass is 306 g/mol. The molecule has 2 aromatic heterocycles. The summed E-state index contributed by atoms with van der Waals surface area (Å²) in [5.74, 6) is 1.33. The zero-order valence-electron chi connectivity index (χ0n) is 12.3. The Labute approximate surface area is 124 Å². The lowest BCUT2D eigenvalue weighted by Crippen LogP contribution is -2.16. The van der Waals surface area contributed by atoms with Gasteiger partial charge in [0.15, 0.2) is 5.82 Å². The molecule has 2 heterocycles. The van der Waals surface area contributed by atoms with Crippen molar-refractivity contribution in [3.8, 4) is 11.4 Å². The van der Waals surface area contributed by atoms with E-state index in [4.69, 9.17) is 0 Å². The minimum atomic E-state index is -2.99. The van der Waals surface area contributed by atoms with E-state index in [1.54, 1.807) is 12.4 Å². The molecule has 2 rings (SSSR count). The highest BCUT2D eigenvalue weighted by Crippen LogP contribution is 2.20. The second-order valence-corrected chi connectivity index (χ2v) is 7.16. The minimum absolute atomic E-state index is 0.0695. The van der Waals surface area contributed by atoms with Crippen molar-refractivity contribution in [1.82, 2.24) is 15.0 Å². The zero-order valence-corrected chi connectivity index (χ0v) is 13.1. The molecule has 0 bridgehead atoms. The number of aryl methyl sites for hydroxylation is 1. The number of hydrogen-bond acceptors (Lipinski definition) is 6. The number of aromatic nitrogens is 3. The summed E-state index contributed by atoms with van der Waals surface area (Å²) in [6.45, 7) is 4.14. The van der Waals surface area contributed by atoms with Crippen LogP contribution in [0.3, 0.4) is 0 Å². The van der Waals surface area contributed by atoms with E-state index in [1.807, 2.05) is 26.0 Å². The molecule has 2 aromatic rings. The first kappa shape index (κ1) is 15.4. The lowest BCUT2D eigenvalue weighted by atomic mass is 10.2. The average molecular weight is 306 g/mol. The quantitative estimate of drug-likeness (QED) is 0.903. The van der Waals surface area contributed by atoms with Crippen LogP contribution in [0.4, 0.5) is 5.82 Å². The molecule has 0 saturated carbocycles. The Morgan fingerprint density at radius 1 is 1.14 bits per heavy atom. The van der Waals surface area contributed by atoms with Gasteiger partial charge in [0.2, 0.25) is 0 Å². The molecule has 21 heavy (non-hydrogen) atoms.